The van der Waals surface area contributed by atoms with E-state index in [9.17, 15) is 4.79 Å². The Morgan fingerprint density at radius 1 is 0.964 bits per heavy atom. The van der Waals surface area contributed by atoms with Crippen molar-refractivity contribution in [1.29, 1.82) is 0 Å². The van der Waals surface area contributed by atoms with E-state index >= 15 is 0 Å². The molecule has 150 valence electrons. The summed E-state index contributed by atoms with van der Waals surface area (Å²) in [7, 11) is 0. The number of hydrogen-bond acceptors (Lipinski definition) is 4. The van der Waals surface area contributed by atoms with Crippen LogP contribution in [0.5, 0.6) is 0 Å². The fourth-order valence-electron chi connectivity index (χ4n) is 3.70. The fraction of sp³-hybridized carbons (Fsp3) is 0.500. The van der Waals surface area contributed by atoms with Gasteiger partial charge >= 0.3 is 5.97 Å². The van der Waals surface area contributed by atoms with Crippen LogP contribution in [0.4, 0.5) is 0 Å². The minimum atomic E-state index is -0.238. The number of allylic oxidation sites excluding steroid dienone is 3. The molecule has 0 aliphatic carbocycles. The number of ether oxygens (including phenoxy) is 1. The molecule has 0 amide bonds. The molecule has 0 N–H and O–H groups in total. The van der Waals surface area contributed by atoms with E-state index in [2.05, 4.69) is 29.2 Å². The number of carbonyl (C=O) groups excluding carboxylic acids is 1. The Balaban J connectivity index is 1.73. The predicted molar refractivity (Wildman–Crippen MR) is 115 cm³/mol. The van der Waals surface area contributed by atoms with Crippen molar-refractivity contribution in [2.24, 2.45) is 4.99 Å². The second-order valence-electron chi connectivity index (χ2n) is 7.49. The van der Waals surface area contributed by atoms with E-state index in [0.29, 0.717) is 18.6 Å². The van der Waals surface area contributed by atoms with Crippen LogP contribution < -0.4 is 0 Å². The van der Waals surface area contributed by atoms with Gasteiger partial charge in [0.15, 0.2) is 0 Å². The molecule has 1 saturated heterocycles. The highest BCUT2D eigenvalue weighted by molar-refractivity contribution is 5.99. The largest absolute Gasteiger partial charge is 0.462 e. The van der Waals surface area contributed by atoms with E-state index < -0.39 is 0 Å². The first-order valence-electron chi connectivity index (χ1n) is 10.6. The summed E-state index contributed by atoms with van der Waals surface area (Å²) >= 11 is 0. The number of carbonyl (C=O) groups is 1. The Labute approximate surface area is 169 Å². The maximum atomic E-state index is 12.5. The number of esters is 1. The lowest BCUT2D eigenvalue weighted by atomic mass is 10.0. The molecule has 0 spiro atoms. The van der Waals surface area contributed by atoms with E-state index in [4.69, 9.17) is 9.73 Å². The maximum absolute atomic E-state index is 12.5. The van der Waals surface area contributed by atoms with Crippen LogP contribution in [-0.4, -0.2) is 49.4 Å². The average molecular weight is 381 g/mol. The summed E-state index contributed by atoms with van der Waals surface area (Å²) in [5, 5.41) is 0. The lowest BCUT2D eigenvalue weighted by molar-refractivity contribution is 0.0510. The molecule has 1 aromatic rings. The molecule has 28 heavy (non-hydrogen) atoms. The van der Waals surface area contributed by atoms with Crippen LogP contribution in [0.3, 0.4) is 0 Å². The third-order valence-electron chi connectivity index (χ3n) is 5.28. The summed E-state index contributed by atoms with van der Waals surface area (Å²) in [6.07, 6.45) is 16.0. The van der Waals surface area contributed by atoms with Crippen LogP contribution >= 0.6 is 0 Å². The Bertz CT molecular complexity index is 715. The molecule has 2 aliphatic rings. The van der Waals surface area contributed by atoms with Gasteiger partial charge in [0.2, 0.25) is 0 Å². The Kier molecular flexibility index (Phi) is 8.51. The number of aliphatic imine (C=N–C) groups is 1. The van der Waals surface area contributed by atoms with Crippen molar-refractivity contribution in [3.63, 3.8) is 0 Å². The molecule has 0 aromatic heterocycles. The van der Waals surface area contributed by atoms with E-state index in [1.54, 1.807) is 0 Å². The van der Waals surface area contributed by atoms with Crippen molar-refractivity contribution in [3.8, 4) is 0 Å². The van der Waals surface area contributed by atoms with E-state index in [-0.39, 0.29) is 5.97 Å². The maximum Gasteiger partial charge on any atom is 0.338 e. The monoisotopic (exact) mass is 380 g/mol. The van der Waals surface area contributed by atoms with Crippen molar-refractivity contribution in [2.45, 2.75) is 44.9 Å². The van der Waals surface area contributed by atoms with E-state index in [1.165, 1.54) is 32.4 Å². The highest BCUT2D eigenvalue weighted by atomic mass is 16.5. The van der Waals surface area contributed by atoms with Crippen LogP contribution in [0.1, 0.15) is 54.4 Å². The predicted octanol–water partition coefficient (Wildman–Crippen LogP) is 4.61. The second kappa shape index (κ2) is 11.6. The zero-order chi connectivity index (χ0) is 19.4. The Hall–Kier alpha value is -2.20. The molecule has 2 aliphatic heterocycles. The van der Waals surface area contributed by atoms with Gasteiger partial charge in [0.05, 0.1) is 18.7 Å². The summed E-state index contributed by atoms with van der Waals surface area (Å²) in [4.78, 5) is 19.9. The molecular weight excluding hydrogens is 348 g/mol. The molecule has 4 heteroatoms. The SMILES string of the molecule is O=C1OCC/C=C/CC/C=C/C(=NCCN2CCCCC2)Cc2ccccc21. The molecule has 1 aromatic carbocycles. The summed E-state index contributed by atoms with van der Waals surface area (Å²) in [6, 6.07) is 7.74. The second-order valence-corrected chi connectivity index (χ2v) is 7.49. The molecule has 0 saturated carbocycles. The summed E-state index contributed by atoms with van der Waals surface area (Å²) in [5.74, 6) is -0.238. The Morgan fingerprint density at radius 2 is 1.75 bits per heavy atom. The zero-order valence-corrected chi connectivity index (χ0v) is 16.8. The average Bonchev–Trinajstić information content (AvgIpc) is 2.73. The number of nitrogens with zero attached hydrogens (tertiary/aromatic N) is 2. The molecule has 4 nitrogen and oxygen atoms in total. The first-order chi connectivity index (χ1) is 13.8. The normalized spacial score (nSPS) is 23.4. The van der Waals surface area contributed by atoms with Gasteiger partial charge in [-0.25, -0.2) is 4.79 Å². The molecule has 1 fully saturated rings. The van der Waals surface area contributed by atoms with E-state index in [1.807, 2.05) is 24.3 Å². The van der Waals surface area contributed by atoms with Gasteiger partial charge in [0, 0.05) is 18.7 Å². The van der Waals surface area contributed by atoms with Gasteiger partial charge in [-0.2, -0.15) is 0 Å². The van der Waals surface area contributed by atoms with Crippen LogP contribution in [0.2, 0.25) is 0 Å². The van der Waals surface area contributed by atoms with Crippen LogP contribution in [-0.2, 0) is 11.2 Å². The minimum absolute atomic E-state index is 0.238. The zero-order valence-electron chi connectivity index (χ0n) is 16.8. The molecule has 0 radical (unpaired) electrons. The number of hydrogen-bond donors (Lipinski definition) is 0. The fourth-order valence-corrected chi connectivity index (χ4v) is 3.70. The number of likely N-dealkylation sites (tertiary alicyclic amines) is 1. The van der Waals surface area contributed by atoms with Gasteiger partial charge in [-0.05, 0) is 62.9 Å². The van der Waals surface area contributed by atoms with E-state index in [0.717, 1.165) is 43.6 Å². The third-order valence-corrected chi connectivity index (χ3v) is 5.28. The van der Waals surface area contributed by atoms with Crippen LogP contribution in [0, 0.1) is 0 Å². The number of fused-ring (bicyclic) bond motifs is 1. The molecular formula is C24H32N2O2. The smallest absolute Gasteiger partial charge is 0.338 e. The van der Waals surface area contributed by atoms with Crippen molar-refractivity contribution < 1.29 is 9.53 Å². The lowest BCUT2D eigenvalue weighted by Gasteiger charge is -2.25. The molecule has 0 unspecified atom stereocenters. The van der Waals surface area contributed by atoms with Gasteiger partial charge in [-0.15, -0.1) is 0 Å². The minimum Gasteiger partial charge on any atom is -0.462 e. The van der Waals surface area contributed by atoms with Crippen molar-refractivity contribution in [3.05, 3.63) is 59.7 Å². The summed E-state index contributed by atoms with van der Waals surface area (Å²) < 4.78 is 5.45. The van der Waals surface area contributed by atoms with Gasteiger partial charge in [0.1, 0.15) is 0 Å². The molecule has 0 bridgehead atoms. The highest BCUT2D eigenvalue weighted by Crippen LogP contribution is 2.14. The van der Waals surface area contributed by atoms with Crippen molar-refractivity contribution in [2.75, 3.05) is 32.8 Å². The number of rotatable bonds is 3. The Morgan fingerprint density at radius 3 is 2.64 bits per heavy atom. The standard InChI is InChI=1S/C24H32N2O2/c27-24-23-14-8-7-12-21(23)20-22(13-6-3-1-2-4-11-19-28-24)25-15-18-26-16-9-5-10-17-26/h2,4,6-8,12-14H,1,3,5,9-11,15-20H2/b4-2+,13-6+,25-22?. The van der Waals surface area contributed by atoms with Crippen LogP contribution in [0.15, 0.2) is 53.6 Å². The molecule has 3 rings (SSSR count). The number of benzene rings is 1. The van der Waals surface area contributed by atoms with Gasteiger partial charge in [0.25, 0.3) is 0 Å². The number of piperidine rings is 1. The van der Waals surface area contributed by atoms with Crippen LogP contribution in [0.25, 0.3) is 0 Å². The first kappa shape index (κ1) is 20.5. The van der Waals surface area contributed by atoms with Crippen molar-refractivity contribution in [1.82, 2.24) is 4.90 Å². The van der Waals surface area contributed by atoms with Gasteiger partial charge < -0.3 is 9.64 Å². The van der Waals surface area contributed by atoms with Crippen molar-refractivity contribution >= 4 is 11.7 Å². The van der Waals surface area contributed by atoms with Gasteiger partial charge in [-0.1, -0.05) is 42.8 Å². The quantitative estimate of drug-likeness (QED) is 0.568. The third kappa shape index (κ3) is 6.75. The molecule has 2 heterocycles. The highest BCUT2D eigenvalue weighted by Gasteiger charge is 2.14. The molecule has 0 atom stereocenters. The summed E-state index contributed by atoms with van der Waals surface area (Å²) in [6.45, 7) is 4.65. The topological polar surface area (TPSA) is 41.9 Å². The lowest BCUT2D eigenvalue weighted by Crippen LogP contribution is -2.32. The summed E-state index contributed by atoms with van der Waals surface area (Å²) in [5.41, 5.74) is 2.68. The van der Waals surface area contributed by atoms with Gasteiger partial charge in [-0.3, -0.25) is 4.99 Å². The number of cyclic esters (lactones) is 1. The first-order valence-corrected chi connectivity index (χ1v) is 10.6.